The standard InChI is InChI=1S/C13H16O4.C2H6/c14-11-6-13(17-8-12(11)15)5-9-3-1-2-4-10(9)7-16-13;1-2/h1-4,11-12,14-15H,5-8H2;1-2H3. The molecule has 0 aliphatic carbocycles. The van der Waals surface area contributed by atoms with Gasteiger partial charge in [0.1, 0.15) is 6.10 Å². The lowest BCUT2D eigenvalue weighted by Gasteiger charge is -2.43. The molecule has 0 aromatic heterocycles. The van der Waals surface area contributed by atoms with E-state index in [1.807, 2.05) is 32.0 Å². The first-order valence-corrected chi connectivity index (χ1v) is 6.89. The van der Waals surface area contributed by atoms with Crippen LogP contribution in [0.1, 0.15) is 31.4 Å². The van der Waals surface area contributed by atoms with Gasteiger partial charge in [0, 0.05) is 12.8 Å². The highest BCUT2D eigenvalue weighted by Crippen LogP contribution is 2.35. The number of benzene rings is 1. The molecular formula is C15H22O4. The van der Waals surface area contributed by atoms with Crippen molar-refractivity contribution in [2.24, 2.45) is 0 Å². The van der Waals surface area contributed by atoms with Crippen LogP contribution in [0.3, 0.4) is 0 Å². The Morgan fingerprint density at radius 1 is 1.05 bits per heavy atom. The number of aliphatic hydroxyl groups excluding tert-OH is 2. The van der Waals surface area contributed by atoms with Crippen LogP contribution in [-0.4, -0.2) is 34.8 Å². The first-order valence-electron chi connectivity index (χ1n) is 6.89. The topological polar surface area (TPSA) is 58.9 Å². The predicted octanol–water partition coefficient (Wildman–Crippen LogP) is 1.62. The maximum absolute atomic E-state index is 9.73. The van der Waals surface area contributed by atoms with E-state index >= 15 is 0 Å². The van der Waals surface area contributed by atoms with Gasteiger partial charge in [0.2, 0.25) is 0 Å². The Bertz CT molecular complexity index is 420. The van der Waals surface area contributed by atoms with Gasteiger partial charge in [-0.15, -0.1) is 0 Å². The summed E-state index contributed by atoms with van der Waals surface area (Å²) in [5, 5.41) is 19.2. The fourth-order valence-corrected chi connectivity index (χ4v) is 2.51. The molecule has 1 spiro atoms. The van der Waals surface area contributed by atoms with Crippen LogP contribution in [0.15, 0.2) is 24.3 Å². The van der Waals surface area contributed by atoms with E-state index in [4.69, 9.17) is 9.47 Å². The van der Waals surface area contributed by atoms with Crippen molar-refractivity contribution in [1.82, 2.24) is 0 Å². The lowest BCUT2D eigenvalue weighted by molar-refractivity contribution is -0.300. The van der Waals surface area contributed by atoms with Gasteiger partial charge in [-0.3, -0.25) is 0 Å². The SMILES string of the molecule is CC.OC1COC2(Cc3ccccc3CO2)CC1O. The van der Waals surface area contributed by atoms with Crippen molar-refractivity contribution in [3.63, 3.8) is 0 Å². The fraction of sp³-hybridized carbons (Fsp3) is 0.600. The van der Waals surface area contributed by atoms with E-state index < -0.39 is 18.0 Å². The normalized spacial score (nSPS) is 33.3. The summed E-state index contributed by atoms with van der Waals surface area (Å²) in [6.45, 7) is 4.63. The molecule has 1 aromatic carbocycles. The molecule has 0 amide bonds. The van der Waals surface area contributed by atoms with Crippen LogP contribution < -0.4 is 0 Å². The van der Waals surface area contributed by atoms with Crippen molar-refractivity contribution >= 4 is 0 Å². The Morgan fingerprint density at radius 3 is 2.42 bits per heavy atom. The van der Waals surface area contributed by atoms with Gasteiger partial charge in [-0.2, -0.15) is 0 Å². The molecule has 2 N–H and O–H groups in total. The second kappa shape index (κ2) is 6.01. The van der Waals surface area contributed by atoms with E-state index in [0.29, 0.717) is 19.4 Å². The number of fused-ring (bicyclic) bond motifs is 1. The van der Waals surface area contributed by atoms with Gasteiger partial charge >= 0.3 is 0 Å². The number of rotatable bonds is 0. The number of hydrogen-bond acceptors (Lipinski definition) is 4. The van der Waals surface area contributed by atoms with Crippen LogP contribution >= 0.6 is 0 Å². The molecule has 3 atom stereocenters. The van der Waals surface area contributed by atoms with E-state index in [1.54, 1.807) is 0 Å². The Labute approximate surface area is 114 Å². The van der Waals surface area contributed by atoms with Gasteiger partial charge in [-0.25, -0.2) is 0 Å². The van der Waals surface area contributed by atoms with Crippen molar-refractivity contribution in [2.75, 3.05) is 6.61 Å². The molecule has 2 heterocycles. The van der Waals surface area contributed by atoms with E-state index in [1.165, 1.54) is 11.1 Å². The summed E-state index contributed by atoms with van der Waals surface area (Å²) in [7, 11) is 0. The van der Waals surface area contributed by atoms with Crippen LogP contribution in [-0.2, 0) is 22.5 Å². The molecule has 4 heteroatoms. The molecule has 3 rings (SSSR count). The van der Waals surface area contributed by atoms with E-state index in [2.05, 4.69) is 6.07 Å². The molecule has 106 valence electrons. The smallest absolute Gasteiger partial charge is 0.175 e. The molecule has 1 aromatic rings. The minimum absolute atomic E-state index is 0.128. The quantitative estimate of drug-likeness (QED) is 0.749. The molecule has 0 bridgehead atoms. The Hall–Kier alpha value is -0.940. The molecule has 0 radical (unpaired) electrons. The molecular weight excluding hydrogens is 244 g/mol. The minimum atomic E-state index is -0.804. The average molecular weight is 266 g/mol. The van der Waals surface area contributed by atoms with Crippen LogP contribution in [0, 0.1) is 0 Å². The molecule has 19 heavy (non-hydrogen) atoms. The van der Waals surface area contributed by atoms with Crippen molar-refractivity contribution in [1.29, 1.82) is 0 Å². The van der Waals surface area contributed by atoms with Gasteiger partial charge in [0.05, 0.1) is 19.3 Å². The monoisotopic (exact) mass is 266 g/mol. The third-order valence-corrected chi connectivity index (χ3v) is 3.55. The first kappa shape index (κ1) is 14.5. The van der Waals surface area contributed by atoms with Crippen LogP contribution in [0.2, 0.25) is 0 Å². The first-order chi connectivity index (χ1) is 9.19. The van der Waals surface area contributed by atoms with Crippen LogP contribution in [0.5, 0.6) is 0 Å². The summed E-state index contributed by atoms with van der Waals surface area (Å²) in [4.78, 5) is 0. The summed E-state index contributed by atoms with van der Waals surface area (Å²) in [6.07, 6.45) is -0.620. The number of aliphatic hydroxyl groups is 2. The van der Waals surface area contributed by atoms with Gasteiger partial charge in [-0.05, 0) is 11.1 Å². The van der Waals surface area contributed by atoms with Crippen molar-refractivity contribution in [3.05, 3.63) is 35.4 Å². The molecule has 2 aliphatic heterocycles. The van der Waals surface area contributed by atoms with Gasteiger partial charge < -0.3 is 19.7 Å². The van der Waals surface area contributed by atoms with E-state index in [9.17, 15) is 10.2 Å². The highest BCUT2D eigenvalue weighted by atomic mass is 16.7. The van der Waals surface area contributed by atoms with Crippen molar-refractivity contribution in [3.8, 4) is 0 Å². The highest BCUT2D eigenvalue weighted by Gasteiger charge is 2.44. The van der Waals surface area contributed by atoms with Crippen molar-refractivity contribution < 1.29 is 19.7 Å². The summed E-state index contributed by atoms with van der Waals surface area (Å²) < 4.78 is 11.4. The second-order valence-electron chi connectivity index (χ2n) is 4.79. The predicted molar refractivity (Wildman–Crippen MR) is 71.6 cm³/mol. The second-order valence-corrected chi connectivity index (χ2v) is 4.79. The molecule has 0 saturated carbocycles. The van der Waals surface area contributed by atoms with E-state index in [-0.39, 0.29) is 6.61 Å². The largest absolute Gasteiger partial charge is 0.390 e. The summed E-state index contributed by atoms with van der Waals surface area (Å²) in [5.41, 5.74) is 2.37. The third kappa shape index (κ3) is 2.98. The molecule has 2 aliphatic rings. The zero-order chi connectivity index (χ0) is 13.9. The van der Waals surface area contributed by atoms with Gasteiger partial charge in [-0.1, -0.05) is 38.1 Å². The van der Waals surface area contributed by atoms with Gasteiger partial charge in [0.25, 0.3) is 0 Å². The van der Waals surface area contributed by atoms with Gasteiger partial charge in [0.15, 0.2) is 5.79 Å². The van der Waals surface area contributed by atoms with Crippen molar-refractivity contribution in [2.45, 2.75) is 51.3 Å². The molecule has 3 unspecified atom stereocenters. The Balaban J connectivity index is 0.000000637. The van der Waals surface area contributed by atoms with Crippen LogP contribution in [0.25, 0.3) is 0 Å². The maximum Gasteiger partial charge on any atom is 0.175 e. The Kier molecular flexibility index (Phi) is 4.58. The summed E-state index contributed by atoms with van der Waals surface area (Å²) in [6, 6.07) is 8.07. The van der Waals surface area contributed by atoms with E-state index in [0.717, 1.165) is 0 Å². The zero-order valence-corrected chi connectivity index (χ0v) is 11.5. The maximum atomic E-state index is 9.73. The third-order valence-electron chi connectivity index (χ3n) is 3.55. The lowest BCUT2D eigenvalue weighted by atomic mass is 9.90. The molecule has 4 nitrogen and oxygen atoms in total. The fourth-order valence-electron chi connectivity index (χ4n) is 2.51. The minimum Gasteiger partial charge on any atom is -0.390 e. The lowest BCUT2D eigenvalue weighted by Crippen LogP contribution is -2.53. The summed E-state index contributed by atoms with van der Waals surface area (Å²) >= 11 is 0. The Morgan fingerprint density at radius 2 is 1.74 bits per heavy atom. The summed E-state index contributed by atoms with van der Waals surface area (Å²) in [5.74, 6) is -0.757. The molecule has 1 fully saturated rings. The molecule has 1 saturated heterocycles. The highest BCUT2D eigenvalue weighted by molar-refractivity contribution is 5.29. The zero-order valence-electron chi connectivity index (χ0n) is 11.5. The average Bonchev–Trinajstić information content (AvgIpc) is 2.46. The number of hydrogen-bond donors (Lipinski definition) is 2. The number of ether oxygens (including phenoxy) is 2. The van der Waals surface area contributed by atoms with Crippen LogP contribution in [0.4, 0.5) is 0 Å².